The summed E-state index contributed by atoms with van der Waals surface area (Å²) in [4.78, 5) is 2.51. The molecule has 0 amide bonds. The van der Waals surface area contributed by atoms with Gasteiger partial charge >= 0.3 is 0 Å². The van der Waals surface area contributed by atoms with E-state index in [0.717, 1.165) is 23.5 Å². The highest BCUT2D eigenvalue weighted by molar-refractivity contribution is 5.95. The Hall–Kier alpha value is -9.30. The van der Waals surface area contributed by atoms with Gasteiger partial charge < -0.3 is 4.90 Å². The maximum atomic E-state index is 2.53. The molecule has 1 atom stereocenters. The first kappa shape index (κ1) is 47.0. The van der Waals surface area contributed by atoms with Gasteiger partial charge in [-0.2, -0.15) is 0 Å². The van der Waals surface area contributed by atoms with Gasteiger partial charge in [-0.05, 0) is 161 Å². The van der Waals surface area contributed by atoms with E-state index in [0.29, 0.717) is 5.92 Å². The summed E-state index contributed by atoms with van der Waals surface area (Å²) in [5, 5.41) is 0. The molecule has 0 N–H and O–H groups in total. The van der Waals surface area contributed by atoms with Crippen molar-refractivity contribution >= 4 is 22.6 Å². The number of nitrogens with zero attached hydrogens (tertiary/aromatic N) is 1. The van der Waals surface area contributed by atoms with E-state index in [1.54, 1.807) is 0 Å². The first-order valence-corrected chi connectivity index (χ1v) is 28.1. The summed E-state index contributed by atoms with van der Waals surface area (Å²) in [6.45, 7) is 7.07. The predicted molar refractivity (Wildman–Crippen MR) is 330 cm³/mol. The lowest BCUT2D eigenvalue weighted by Gasteiger charge is -2.50. The Bertz CT molecular complexity index is 4160. The molecule has 0 saturated carbocycles. The van der Waals surface area contributed by atoms with Crippen molar-refractivity contribution < 1.29 is 0 Å². The number of rotatable bonds is 8. The van der Waals surface area contributed by atoms with Crippen LogP contribution in [0, 0.1) is 5.92 Å². The predicted octanol–water partition coefficient (Wildman–Crippen LogP) is 19.8. The number of fused-ring (bicyclic) bond motifs is 12. The van der Waals surface area contributed by atoms with E-state index < -0.39 is 10.8 Å². The van der Waals surface area contributed by atoms with Crippen LogP contribution in [-0.2, 0) is 16.2 Å². The number of anilines is 3. The van der Waals surface area contributed by atoms with Crippen LogP contribution in [0.15, 0.2) is 285 Å². The second-order valence-electron chi connectivity index (χ2n) is 22.7. The summed E-state index contributed by atoms with van der Waals surface area (Å²) in [5.41, 5.74) is 27.8. The van der Waals surface area contributed by atoms with Crippen LogP contribution in [0.2, 0.25) is 0 Å². The molecule has 4 aliphatic rings. The molecule has 1 spiro atoms. The fourth-order valence-electron chi connectivity index (χ4n) is 14.5. The molecule has 0 bridgehead atoms. The molecular weight excluding hydrogens is 951 g/mol. The van der Waals surface area contributed by atoms with E-state index in [9.17, 15) is 0 Å². The lowest BCUT2D eigenvalue weighted by atomic mass is 9.51. The van der Waals surface area contributed by atoms with Crippen molar-refractivity contribution in [2.24, 2.45) is 5.92 Å². The molecule has 11 aromatic carbocycles. The van der Waals surface area contributed by atoms with Crippen molar-refractivity contribution in [3.63, 3.8) is 0 Å². The first-order valence-electron chi connectivity index (χ1n) is 28.1. The van der Waals surface area contributed by atoms with Crippen molar-refractivity contribution in [3.8, 4) is 44.5 Å². The average molecular weight is 1010 g/mol. The minimum Gasteiger partial charge on any atom is -0.310 e. The van der Waals surface area contributed by atoms with Crippen LogP contribution >= 0.6 is 0 Å². The van der Waals surface area contributed by atoms with Crippen LogP contribution in [0.1, 0.15) is 88.4 Å². The van der Waals surface area contributed by atoms with Gasteiger partial charge in [0.2, 0.25) is 0 Å². The molecule has 1 heteroatoms. The Morgan fingerprint density at radius 3 is 1.42 bits per heavy atom. The topological polar surface area (TPSA) is 3.24 Å². The van der Waals surface area contributed by atoms with E-state index in [1.807, 2.05) is 0 Å². The lowest BCUT2D eigenvalue weighted by Crippen LogP contribution is -2.44. The van der Waals surface area contributed by atoms with Gasteiger partial charge in [-0.1, -0.05) is 263 Å². The molecule has 15 rings (SSSR count). The molecule has 11 aromatic rings. The molecule has 0 fully saturated rings. The van der Waals surface area contributed by atoms with E-state index >= 15 is 0 Å². The van der Waals surface area contributed by atoms with E-state index in [2.05, 4.69) is 311 Å². The van der Waals surface area contributed by atoms with Gasteiger partial charge in [0.1, 0.15) is 0 Å². The number of hydrogen-bond acceptors (Lipinski definition) is 1. The summed E-state index contributed by atoms with van der Waals surface area (Å²) < 4.78 is 0. The minimum absolute atomic E-state index is 0.156. The lowest BCUT2D eigenvalue weighted by molar-refractivity contribution is 0.624. The average Bonchev–Trinajstić information content (AvgIpc) is 4.19. The summed E-state index contributed by atoms with van der Waals surface area (Å²) in [7, 11) is 0. The highest BCUT2D eigenvalue weighted by Crippen LogP contribution is 2.65. The molecule has 4 aliphatic carbocycles. The van der Waals surface area contributed by atoms with Crippen LogP contribution in [0.5, 0.6) is 0 Å². The normalized spacial score (nSPS) is 16.2. The quantitative estimate of drug-likeness (QED) is 0.147. The molecule has 1 unspecified atom stereocenters. The van der Waals surface area contributed by atoms with E-state index in [4.69, 9.17) is 0 Å². The Labute approximate surface area is 465 Å². The standard InChI is InChI=1S/C78H59N/c1-52-35-37-55(38-36-52)66-49-56(53-21-7-4-8-22-53)42-48-75(66)79(61-45-47-64-62-27-13-15-29-67(62)76(2,3)73(64)51-61)60-43-39-54(40-44-60)57-41-46-65-63-28-14-16-30-68(63)78(74(65)50-57)71-33-19-17-31-69(71)77(58-23-9-5-10-24-58,59-25-11-6-12-26-59)70-32-18-20-34-72(70)78/h4-35,37-52H,36H2,1-3H3. The van der Waals surface area contributed by atoms with Gasteiger partial charge in [-0.25, -0.2) is 0 Å². The molecule has 376 valence electrons. The third-order valence-corrected chi connectivity index (χ3v) is 18.2. The Morgan fingerprint density at radius 1 is 0.342 bits per heavy atom. The van der Waals surface area contributed by atoms with Crippen molar-refractivity contribution in [1.82, 2.24) is 0 Å². The molecule has 0 radical (unpaired) electrons. The fourth-order valence-corrected chi connectivity index (χ4v) is 14.5. The number of benzene rings is 11. The molecule has 0 aromatic heterocycles. The summed E-state index contributed by atoms with van der Waals surface area (Å²) in [6.07, 6.45) is 8.16. The third kappa shape index (κ3) is 6.95. The minimum atomic E-state index is -0.581. The summed E-state index contributed by atoms with van der Waals surface area (Å²) in [5.74, 6) is 0.497. The zero-order valence-electron chi connectivity index (χ0n) is 44.9. The first-order chi connectivity index (χ1) is 38.8. The second kappa shape index (κ2) is 18.2. The highest BCUT2D eigenvalue weighted by Gasteiger charge is 2.56. The van der Waals surface area contributed by atoms with Crippen LogP contribution in [0.4, 0.5) is 17.1 Å². The van der Waals surface area contributed by atoms with Gasteiger partial charge in [0, 0.05) is 22.4 Å². The second-order valence-corrected chi connectivity index (χ2v) is 22.7. The molecule has 79 heavy (non-hydrogen) atoms. The smallest absolute Gasteiger partial charge is 0.0720 e. The van der Waals surface area contributed by atoms with Crippen LogP contribution in [0.3, 0.4) is 0 Å². The molecule has 0 saturated heterocycles. The van der Waals surface area contributed by atoms with E-state index in [-0.39, 0.29) is 5.41 Å². The Kier molecular flexibility index (Phi) is 10.8. The van der Waals surface area contributed by atoms with Gasteiger partial charge in [-0.3, -0.25) is 0 Å². The van der Waals surface area contributed by atoms with Gasteiger partial charge in [0.15, 0.2) is 0 Å². The van der Waals surface area contributed by atoms with Crippen LogP contribution in [0.25, 0.3) is 50.1 Å². The maximum Gasteiger partial charge on any atom is 0.0720 e. The summed E-state index contributed by atoms with van der Waals surface area (Å²) >= 11 is 0. The van der Waals surface area contributed by atoms with Crippen molar-refractivity contribution in [1.29, 1.82) is 0 Å². The zero-order chi connectivity index (χ0) is 52.9. The Balaban J connectivity index is 0.914. The third-order valence-electron chi connectivity index (χ3n) is 18.2. The molecular formula is C78H59N. The highest BCUT2D eigenvalue weighted by atomic mass is 15.1. The zero-order valence-corrected chi connectivity index (χ0v) is 44.9. The summed E-state index contributed by atoms with van der Waals surface area (Å²) in [6, 6.07) is 101. The van der Waals surface area contributed by atoms with Crippen molar-refractivity contribution in [2.45, 2.75) is 43.4 Å². The maximum absolute atomic E-state index is 2.53. The van der Waals surface area contributed by atoms with E-state index in [1.165, 1.54) is 111 Å². The Morgan fingerprint density at radius 2 is 0.797 bits per heavy atom. The van der Waals surface area contributed by atoms with Gasteiger partial charge in [0.05, 0.1) is 16.5 Å². The number of hydrogen-bond donors (Lipinski definition) is 0. The van der Waals surface area contributed by atoms with Crippen molar-refractivity contribution in [2.75, 3.05) is 4.90 Å². The largest absolute Gasteiger partial charge is 0.310 e. The van der Waals surface area contributed by atoms with Gasteiger partial charge in [-0.15, -0.1) is 0 Å². The molecule has 1 nitrogen and oxygen atoms in total. The monoisotopic (exact) mass is 1010 g/mol. The van der Waals surface area contributed by atoms with Crippen LogP contribution < -0.4 is 4.90 Å². The SMILES string of the molecule is CC1C=CC(c2cc(-c3ccccc3)ccc2N(c2ccc(-c3ccc4c(c3)C3(c5ccccc5-4)c4ccccc4C(c4ccccc4)(c4ccccc4)c4ccccc43)cc2)c2ccc3c(c2)C(C)(C)c2ccccc2-3)=CC1. The van der Waals surface area contributed by atoms with Crippen molar-refractivity contribution in [3.05, 3.63) is 346 Å². The molecule has 0 heterocycles. The fraction of sp³-hybridized carbons (Fsp3) is 0.103. The van der Waals surface area contributed by atoms with Crippen LogP contribution in [-0.4, -0.2) is 0 Å². The van der Waals surface area contributed by atoms with Gasteiger partial charge in [0.25, 0.3) is 0 Å². The number of allylic oxidation sites excluding steroid dienone is 4. The molecule has 0 aliphatic heterocycles.